The van der Waals surface area contributed by atoms with Crippen LogP contribution in [0.15, 0.2) is 48.1 Å². The molecule has 0 bridgehead atoms. The van der Waals surface area contributed by atoms with E-state index in [4.69, 9.17) is 4.74 Å². The number of hydrogen-bond acceptors (Lipinski definition) is 6. The number of carbonyl (C=O) groups excluding carboxylic acids is 2. The van der Waals surface area contributed by atoms with Crippen molar-refractivity contribution < 1.29 is 19.4 Å². The van der Waals surface area contributed by atoms with Crippen LogP contribution in [-0.4, -0.2) is 52.6 Å². The van der Waals surface area contributed by atoms with Gasteiger partial charge in [0, 0.05) is 23.6 Å². The summed E-state index contributed by atoms with van der Waals surface area (Å²) >= 11 is 1.30. The number of hydrogen-bond donors (Lipinski definition) is 3. The molecule has 1 aromatic carbocycles. The summed E-state index contributed by atoms with van der Waals surface area (Å²) in [6.07, 6.45) is 3.96. The van der Waals surface area contributed by atoms with Crippen molar-refractivity contribution in [1.82, 2.24) is 14.8 Å². The number of nitrogens with one attached hydrogen (secondary N) is 2. The third-order valence-electron chi connectivity index (χ3n) is 4.55. The molecule has 3 N–H and O–H groups in total. The molecule has 2 heterocycles. The molecular formula is C22H26BN4O4S. The second-order valence-corrected chi connectivity index (χ2v) is 8.67. The van der Waals surface area contributed by atoms with Crippen LogP contribution in [0.3, 0.4) is 0 Å². The van der Waals surface area contributed by atoms with E-state index in [9.17, 15) is 14.7 Å². The highest BCUT2D eigenvalue weighted by Gasteiger charge is 2.14. The Morgan fingerprint density at radius 2 is 2.12 bits per heavy atom. The molecule has 0 spiro atoms. The van der Waals surface area contributed by atoms with Gasteiger partial charge in [0.15, 0.2) is 5.13 Å². The SMILES string of the molecule is C[B]n1ccc(C(=O)NCC(=O)Nc2nc(-c3cccc(OCCC(C)(C)O)c3)cs2)c1. The molecular weight excluding hydrogens is 427 g/mol. The van der Waals surface area contributed by atoms with Gasteiger partial charge in [0.1, 0.15) is 5.75 Å². The van der Waals surface area contributed by atoms with Crippen molar-refractivity contribution in [1.29, 1.82) is 0 Å². The Morgan fingerprint density at radius 1 is 1.31 bits per heavy atom. The zero-order valence-electron chi connectivity index (χ0n) is 18.3. The van der Waals surface area contributed by atoms with Gasteiger partial charge in [-0.15, -0.1) is 11.3 Å². The third-order valence-corrected chi connectivity index (χ3v) is 5.30. The highest BCUT2D eigenvalue weighted by Crippen LogP contribution is 2.27. The molecule has 2 aromatic heterocycles. The fourth-order valence-electron chi connectivity index (χ4n) is 2.76. The molecule has 3 aromatic rings. The van der Waals surface area contributed by atoms with Crippen LogP contribution < -0.4 is 15.4 Å². The summed E-state index contributed by atoms with van der Waals surface area (Å²) in [7, 11) is 1.82. The van der Waals surface area contributed by atoms with Gasteiger partial charge in [0.25, 0.3) is 5.91 Å². The van der Waals surface area contributed by atoms with E-state index >= 15 is 0 Å². The van der Waals surface area contributed by atoms with E-state index in [1.165, 1.54) is 11.3 Å². The highest BCUT2D eigenvalue weighted by atomic mass is 32.1. The number of ether oxygens (including phenoxy) is 1. The second-order valence-electron chi connectivity index (χ2n) is 7.81. The summed E-state index contributed by atoms with van der Waals surface area (Å²) in [6.45, 7) is 5.59. The van der Waals surface area contributed by atoms with Gasteiger partial charge in [-0.2, -0.15) is 0 Å². The lowest BCUT2D eigenvalue weighted by atomic mass is 10.0. The number of aromatic nitrogens is 2. The summed E-state index contributed by atoms with van der Waals surface area (Å²) in [5.41, 5.74) is 1.27. The van der Waals surface area contributed by atoms with E-state index in [-0.39, 0.29) is 18.4 Å². The fraction of sp³-hybridized carbons (Fsp3) is 0.318. The first-order chi connectivity index (χ1) is 15.2. The van der Waals surface area contributed by atoms with Crippen molar-refractivity contribution in [2.75, 3.05) is 18.5 Å². The number of thiazole rings is 1. The normalized spacial score (nSPS) is 11.1. The lowest BCUT2D eigenvalue weighted by molar-refractivity contribution is -0.115. The van der Waals surface area contributed by atoms with E-state index in [0.717, 1.165) is 5.56 Å². The van der Waals surface area contributed by atoms with Gasteiger partial charge in [-0.05, 0) is 38.2 Å². The summed E-state index contributed by atoms with van der Waals surface area (Å²) < 4.78 is 7.48. The van der Waals surface area contributed by atoms with Crippen LogP contribution in [0.25, 0.3) is 11.3 Å². The van der Waals surface area contributed by atoms with Crippen molar-refractivity contribution in [3.63, 3.8) is 0 Å². The molecule has 8 nitrogen and oxygen atoms in total. The molecule has 32 heavy (non-hydrogen) atoms. The minimum Gasteiger partial charge on any atom is -0.493 e. The molecule has 0 aliphatic rings. The van der Waals surface area contributed by atoms with Crippen LogP contribution in [0.4, 0.5) is 5.13 Å². The Hall–Kier alpha value is -3.11. The van der Waals surface area contributed by atoms with E-state index in [2.05, 4.69) is 15.6 Å². The van der Waals surface area contributed by atoms with Crippen molar-refractivity contribution in [2.45, 2.75) is 32.7 Å². The number of rotatable bonds is 10. The predicted octanol–water partition coefficient (Wildman–Crippen LogP) is 3.04. The summed E-state index contributed by atoms with van der Waals surface area (Å²) in [5, 5.41) is 17.4. The Morgan fingerprint density at radius 3 is 2.84 bits per heavy atom. The maximum absolute atomic E-state index is 12.2. The fourth-order valence-corrected chi connectivity index (χ4v) is 3.50. The number of carbonyl (C=O) groups is 2. The Balaban J connectivity index is 1.52. The lowest BCUT2D eigenvalue weighted by Gasteiger charge is -2.17. The molecule has 0 unspecified atom stereocenters. The van der Waals surface area contributed by atoms with Crippen LogP contribution >= 0.6 is 11.3 Å². The Kier molecular flexibility index (Phi) is 7.71. The van der Waals surface area contributed by atoms with Crippen molar-refractivity contribution in [2.24, 2.45) is 0 Å². The Labute approximate surface area is 191 Å². The molecule has 1 radical (unpaired) electrons. The van der Waals surface area contributed by atoms with Crippen LogP contribution in [0.1, 0.15) is 30.6 Å². The maximum Gasteiger partial charge on any atom is 0.253 e. The van der Waals surface area contributed by atoms with Crippen LogP contribution in [0.2, 0.25) is 6.82 Å². The Bertz CT molecular complexity index is 1070. The van der Waals surface area contributed by atoms with Crippen LogP contribution in [0.5, 0.6) is 5.75 Å². The van der Waals surface area contributed by atoms with Crippen LogP contribution in [-0.2, 0) is 4.79 Å². The average molecular weight is 453 g/mol. The average Bonchev–Trinajstić information content (AvgIpc) is 3.41. The molecule has 10 heteroatoms. The van der Waals surface area contributed by atoms with Gasteiger partial charge in [0.2, 0.25) is 13.3 Å². The van der Waals surface area contributed by atoms with Crippen molar-refractivity contribution >= 4 is 35.7 Å². The molecule has 0 aliphatic heterocycles. The van der Waals surface area contributed by atoms with Gasteiger partial charge < -0.3 is 25.0 Å². The lowest BCUT2D eigenvalue weighted by Crippen LogP contribution is -2.32. The molecule has 0 fully saturated rings. The summed E-state index contributed by atoms with van der Waals surface area (Å²) in [5.74, 6) is 0.00831. The topological polar surface area (TPSA) is 105 Å². The van der Waals surface area contributed by atoms with Crippen molar-refractivity contribution in [3.05, 3.63) is 53.7 Å². The van der Waals surface area contributed by atoms with E-state index < -0.39 is 5.60 Å². The quantitative estimate of drug-likeness (QED) is 0.410. The predicted molar refractivity (Wildman–Crippen MR) is 126 cm³/mol. The first-order valence-corrected chi connectivity index (χ1v) is 11.1. The van der Waals surface area contributed by atoms with Crippen LogP contribution in [0, 0.1) is 0 Å². The zero-order chi connectivity index (χ0) is 23.1. The summed E-state index contributed by atoms with van der Waals surface area (Å²) in [4.78, 5) is 28.8. The zero-order valence-corrected chi connectivity index (χ0v) is 19.1. The molecule has 2 amide bonds. The summed E-state index contributed by atoms with van der Waals surface area (Å²) in [6, 6.07) is 9.17. The molecule has 0 atom stereocenters. The minimum absolute atomic E-state index is 0.153. The smallest absolute Gasteiger partial charge is 0.253 e. The van der Waals surface area contributed by atoms with Gasteiger partial charge in [-0.3, -0.25) is 9.59 Å². The van der Waals surface area contributed by atoms with E-state index in [1.807, 2.05) is 43.9 Å². The molecule has 0 saturated heterocycles. The monoisotopic (exact) mass is 453 g/mol. The van der Waals surface area contributed by atoms with E-state index in [0.29, 0.717) is 35.2 Å². The number of amides is 2. The van der Waals surface area contributed by atoms with Gasteiger partial charge in [0.05, 0.1) is 30.0 Å². The molecule has 0 aliphatic carbocycles. The molecule has 0 saturated carbocycles. The van der Waals surface area contributed by atoms with Gasteiger partial charge in [-0.1, -0.05) is 19.0 Å². The molecule has 167 valence electrons. The highest BCUT2D eigenvalue weighted by molar-refractivity contribution is 7.14. The van der Waals surface area contributed by atoms with Gasteiger partial charge >= 0.3 is 0 Å². The number of anilines is 1. The minimum atomic E-state index is -0.779. The van der Waals surface area contributed by atoms with E-state index in [1.54, 1.807) is 36.8 Å². The standard InChI is InChI=1S/C22H26BN4O4S/c1-22(2,30)8-10-31-17-6-4-5-15(11-17)18-14-32-21(25-18)26-19(28)12-24-20(29)16-7-9-27(13-16)23-3/h4-7,9,11,13-14,30H,8,10,12H2,1-3H3,(H,24,29)(H,25,26,28). The number of aliphatic hydroxyl groups is 1. The largest absolute Gasteiger partial charge is 0.493 e. The first-order valence-electron chi connectivity index (χ1n) is 10.2. The first kappa shape index (κ1) is 23.6. The van der Waals surface area contributed by atoms with Crippen molar-refractivity contribution in [3.8, 4) is 17.0 Å². The number of nitrogens with zero attached hydrogens (tertiary/aromatic N) is 2. The second kappa shape index (κ2) is 10.5. The maximum atomic E-state index is 12.2. The third kappa shape index (κ3) is 6.96. The number of benzene rings is 1. The van der Waals surface area contributed by atoms with Gasteiger partial charge in [-0.25, -0.2) is 4.98 Å². The molecule has 3 rings (SSSR count).